The molecule has 2 rings (SSSR count). The van der Waals surface area contributed by atoms with Gasteiger partial charge in [0.2, 0.25) is 0 Å². The van der Waals surface area contributed by atoms with Gasteiger partial charge in [0.15, 0.2) is 0 Å². The second kappa shape index (κ2) is 7.64. The average Bonchev–Trinajstić information content (AvgIpc) is 2.49. The number of carbonyl (C=O) groups is 1. The molecule has 1 aromatic rings. The molecule has 0 bridgehead atoms. The summed E-state index contributed by atoms with van der Waals surface area (Å²) in [5.74, 6) is -0.842. The monoisotopic (exact) mass is 317 g/mol. The number of ether oxygens (including phenoxy) is 1. The van der Waals surface area contributed by atoms with E-state index in [1.807, 2.05) is 6.07 Å². The van der Waals surface area contributed by atoms with Gasteiger partial charge >= 0.3 is 5.97 Å². The second-order valence-corrected chi connectivity index (χ2v) is 7.27. The number of benzene rings is 1. The SMILES string of the molecule is CC(C)(C)CCC(=CNCc1cccc2c1CCOC2)C(=O)O. The van der Waals surface area contributed by atoms with Crippen LogP contribution in [0, 0.1) is 5.41 Å². The van der Waals surface area contributed by atoms with Gasteiger partial charge in [-0.25, -0.2) is 4.79 Å². The number of carboxylic acid groups (broad SMARTS) is 1. The summed E-state index contributed by atoms with van der Waals surface area (Å²) in [6.07, 6.45) is 4.01. The zero-order chi connectivity index (χ0) is 16.9. The van der Waals surface area contributed by atoms with Crippen molar-refractivity contribution in [3.63, 3.8) is 0 Å². The highest BCUT2D eigenvalue weighted by Gasteiger charge is 2.15. The van der Waals surface area contributed by atoms with Gasteiger partial charge in [-0.15, -0.1) is 0 Å². The number of hydrogen-bond acceptors (Lipinski definition) is 3. The first kappa shape index (κ1) is 17.5. The molecule has 0 atom stereocenters. The Labute approximate surface area is 138 Å². The fourth-order valence-electron chi connectivity index (χ4n) is 2.70. The number of rotatable bonds is 6. The van der Waals surface area contributed by atoms with Gasteiger partial charge in [-0.1, -0.05) is 39.0 Å². The van der Waals surface area contributed by atoms with E-state index in [0.29, 0.717) is 25.1 Å². The molecule has 1 aliphatic rings. The lowest BCUT2D eigenvalue weighted by molar-refractivity contribution is -0.132. The van der Waals surface area contributed by atoms with Crippen LogP contribution in [0.5, 0.6) is 0 Å². The third-order valence-corrected chi connectivity index (χ3v) is 4.11. The Hall–Kier alpha value is -1.81. The van der Waals surface area contributed by atoms with Crippen LogP contribution in [0.1, 0.15) is 50.3 Å². The number of aliphatic carboxylic acids is 1. The van der Waals surface area contributed by atoms with E-state index in [-0.39, 0.29) is 5.41 Å². The molecule has 2 N–H and O–H groups in total. The quantitative estimate of drug-likeness (QED) is 0.786. The van der Waals surface area contributed by atoms with E-state index in [0.717, 1.165) is 19.4 Å². The summed E-state index contributed by atoms with van der Waals surface area (Å²) in [5.41, 5.74) is 4.38. The maximum absolute atomic E-state index is 11.4. The average molecular weight is 317 g/mol. The van der Waals surface area contributed by atoms with Crippen LogP contribution in [0.25, 0.3) is 0 Å². The number of carboxylic acids is 1. The predicted octanol–water partition coefficient (Wildman–Crippen LogP) is 3.64. The number of hydrogen-bond donors (Lipinski definition) is 2. The van der Waals surface area contributed by atoms with Crippen LogP contribution in [0.4, 0.5) is 0 Å². The zero-order valence-corrected chi connectivity index (χ0v) is 14.3. The van der Waals surface area contributed by atoms with E-state index in [2.05, 4.69) is 38.2 Å². The summed E-state index contributed by atoms with van der Waals surface area (Å²) in [6, 6.07) is 6.23. The first-order valence-electron chi connectivity index (χ1n) is 8.20. The minimum atomic E-state index is -0.842. The summed E-state index contributed by atoms with van der Waals surface area (Å²) in [4.78, 5) is 11.4. The minimum absolute atomic E-state index is 0.132. The normalized spacial score (nSPS) is 15.2. The van der Waals surface area contributed by atoms with Crippen molar-refractivity contribution in [3.8, 4) is 0 Å². The molecule has 0 saturated heterocycles. The van der Waals surface area contributed by atoms with Crippen LogP contribution in [0.15, 0.2) is 30.0 Å². The molecule has 0 spiro atoms. The van der Waals surface area contributed by atoms with Gasteiger partial charge < -0.3 is 15.2 Å². The maximum atomic E-state index is 11.4. The van der Waals surface area contributed by atoms with Crippen LogP contribution < -0.4 is 5.32 Å². The van der Waals surface area contributed by atoms with Crippen molar-refractivity contribution in [2.24, 2.45) is 5.41 Å². The largest absolute Gasteiger partial charge is 0.478 e. The molecule has 1 heterocycles. The first-order valence-corrected chi connectivity index (χ1v) is 8.20. The molecule has 1 aliphatic heterocycles. The smallest absolute Gasteiger partial charge is 0.333 e. The lowest BCUT2D eigenvalue weighted by atomic mass is 9.89. The molecule has 0 saturated carbocycles. The third-order valence-electron chi connectivity index (χ3n) is 4.11. The minimum Gasteiger partial charge on any atom is -0.478 e. The van der Waals surface area contributed by atoms with Crippen LogP contribution in [0.2, 0.25) is 0 Å². The van der Waals surface area contributed by atoms with Crippen molar-refractivity contribution in [2.75, 3.05) is 6.61 Å². The zero-order valence-electron chi connectivity index (χ0n) is 14.3. The molecule has 0 unspecified atom stereocenters. The Kier molecular flexibility index (Phi) is 5.83. The molecule has 0 aromatic heterocycles. The summed E-state index contributed by atoms with van der Waals surface area (Å²) < 4.78 is 5.48. The molecule has 4 heteroatoms. The summed E-state index contributed by atoms with van der Waals surface area (Å²) >= 11 is 0. The van der Waals surface area contributed by atoms with Gasteiger partial charge in [0.1, 0.15) is 0 Å². The maximum Gasteiger partial charge on any atom is 0.333 e. The van der Waals surface area contributed by atoms with Crippen molar-refractivity contribution in [1.29, 1.82) is 0 Å². The van der Waals surface area contributed by atoms with E-state index < -0.39 is 5.97 Å². The van der Waals surface area contributed by atoms with Crippen molar-refractivity contribution in [2.45, 2.75) is 53.2 Å². The Morgan fingerprint density at radius 2 is 2.17 bits per heavy atom. The summed E-state index contributed by atoms with van der Waals surface area (Å²) in [5, 5.41) is 12.5. The van der Waals surface area contributed by atoms with E-state index in [1.165, 1.54) is 16.7 Å². The Morgan fingerprint density at radius 1 is 1.39 bits per heavy atom. The molecular weight excluding hydrogens is 290 g/mol. The Bertz CT molecular complexity index is 585. The van der Waals surface area contributed by atoms with Crippen molar-refractivity contribution in [1.82, 2.24) is 5.32 Å². The lowest BCUT2D eigenvalue weighted by Gasteiger charge is -2.20. The highest BCUT2D eigenvalue weighted by atomic mass is 16.5. The molecular formula is C19H27NO3. The van der Waals surface area contributed by atoms with Gasteiger partial charge in [0.05, 0.1) is 18.8 Å². The van der Waals surface area contributed by atoms with E-state index in [1.54, 1.807) is 6.20 Å². The fourth-order valence-corrected chi connectivity index (χ4v) is 2.70. The van der Waals surface area contributed by atoms with Crippen LogP contribution in [0.3, 0.4) is 0 Å². The van der Waals surface area contributed by atoms with Gasteiger partial charge in [-0.2, -0.15) is 0 Å². The molecule has 0 fully saturated rings. The van der Waals surface area contributed by atoms with E-state index in [9.17, 15) is 9.90 Å². The van der Waals surface area contributed by atoms with Gasteiger partial charge in [0.25, 0.3) is 0 Å². The molecule has 1 aromatic carbocycles. The van der Waals surface area contributed by atoms with Crippen LogP contribution in [-0.4, -0.2) is 17.7 Å². The summed E-state index contributed by atoms with van der Waals surface area (Å²) in [6.45, 7) is 8.45. The number of nitrogens with one attached hydrogen (secondary N) is 1. The van der Waals surface area contributed by atoms with Crippen molar-refractivity contribution in [3.05, 3.63) is 46.7 Å². The molecule has 126 valence electrons. The van der Waals surface area contributed by atoms with Crippen molar-refractivity contribution >= 4 is 5.97 Å². The molecule has 23 heavy (non-hydrogen) atoms. The lowest BCUT2D eigenvalue weighted by Crippen LogP contribution is -2.16. The molecule has 4 nitrogen and oxygen atoms in total. The number of fused-ring (bicyclic) bond motifs is 1. The topological polar surface area (TPSA) is 58.6 Å². The van der Waals surface area contributed by atoms with E-state index >= 15 is 0 Å². The van der Waals surface area contributed by atoms with Crippen molar-refractivity contribution < 1.29 is 14.6 Å². The summed E-state index contributed by atoms with van der Waals surface area (Å²) in [7, 11) is 0. The van der Waals surface area contributed by atoms with Crippen LogP contribution >= 0.6 is 0 Å². The Balaban J connectivity index is 2.00. The van der Waals surface area contributed by atoms with Gasteiger partial charge in [-0.05, 0) is 41.4 Å². The van der Waals surface area contributed by atoms with Gasteiger partial charge in [0, 0.05) is 12.7 Å². The highest BCUT2D eigenvalue weighted by molar-refractivity contribution is 5.86. The molecule has 0 amide bonds. The molecule has 0 aliphatic carbocycles. The third kappa shape index (κ3) is 5.39. The highest BCUT2D eigenvalue weighted by Crippen LogP contribution is 2.24. The standard InChI is InChI=1S/C19H27NO3/c1-19(2,3)9-7-15(18(21)22)12-20-11-14-5-4-6-16-13-23-10-8-17(14)16/h4-6,12,20H,7-11,13H2,1-3H3,(H,21,22). The fraction of sp³-hybridized carbons (Fsp3) is 0.526. The first-order chi connectivity index (χ1) is 10.9. The second-order valence-electron chi connectivity index (χ2n) is 7.27. The van der Waals surface area contributed by atoms with E-state index in [4.69, 9.17) is 4.74 Å². The van der Waals surface area contributed by atoms with Gasteiger partial charge in [-0.3, -0.25) is 0 Å². The predicted molar refractivity (Wildman–Crippen MR) is 91.0 cm³/mol. The molecule has 0 radical (unpaired) electrons. The van der Waals surface area contributed by atoms with Crippen LogP contribution in [-0.2, 0) is 29.1 Å². The Morgan fingerprint density at radius 3 is 2.87 bits per heavy atom.